The van der Waals surface area contributed by atoms with Gasteiger partial charge in [-0.25, -0.2) is 18.9 Å². The quantitative estimate of drug-likeness (QED) is 0.114. The zero-order valence-electron chi connectivity index (χ0n) is 14.7. The fourth-order valence-corrected chi connectivity index (χ4v) is 3.85. The maximum atomic E-state index is 12.6. The van der Waals surface area contributed by atoms with Gasteiger partial charge in [0.15, 0.2) is 17.8 Å². The predicted molar refractivity (Wildman–Crippen MR) is 95.6 cm³/mol. The van der Waals surface area contributed by atoms with Crippen molar-refractivity contribution in [2.24, 2.45) is 5.73 Å². The third-order valence-electron chi connectivity index (χ3n) is 3.61. The molecular weight excluding hydrogens is 452 g/mol. The molecule has 1 aromatic rings. The number of nitrogens with two attached hydrogens (primary N) is 2. The van der Waals surface area contributed by atoms with Gasteiger partial charge in [-0.05, 0) is 0 Å². The van der Waals surface area contributed by atoms with Crippen molar-refractivity contribution in [3.63, 3.8) is 0 Å². The largest absolute Gasteiger partial charge is 0.479 e. The molecule has 1 fully saturated rings. The molecule has 0 radical (unpaired) electrons. The Labute approximate surface area is 171 Å². The Bertz CT molecular complexity index is 949. The Morgan fingerprint density at radius 2 is 2.07 bits per heavy atom. The van der Waals surface area contributed by atoms with Gasteiger partial charge in [-0.3, -0.25) is 19.0 Å². The van der Waals surface area contributed by atoms with Crippen LogP contribution in [0.2, 0.25) is 0 Å². The number of nitrogen functional groups attached to an aromatic ring is 1. The summed E-state index contributed by atoms with van der Waals surface area (Å²) in [6.07, 6.45) is -1.28. The minimum Gasteiger partial charge on any atom is -0.479 e. The van der Waals surface area contributed by atoms with Gasteiger partial charge < -0.3 is 26.6 Å². The molecule has 0 aromatic carbocycles. The van der Waals surface area contributed by atoms with Crippen molar-refractivity contribution in [1.82, 2.24) is 20.1 Å². The average Bonchev–Trinajstić information content (AvgIpc) is 3.04. The fraction of sp³-hybridized carbons (Fsp3) is 0.417. The second-order valence-electron chi connectivity index (χ2n) is 5.64. The molecule has 1 aromatic heterocycles. The lowest BCUT2D eigenvalue weighted by Gasteiger charge is -2.43. The monoisotopic (exact) mass is 468 g/mol. The standard InChI is InChI=1S/C12H16N6O10S2/c13-11-15-4(3-29-11)7(17-28-2-6(19)20)9(21)16-8-5(1-27-12(14)23)18(10(8)22)30(24,25)26/h3,5,7-8,17H,1-2H2,(H2,13,15)(H2,14,23)(H,16,21)(H,19,20)(H,24,25,26)/t5-,7?,8+/m1/s1. The smallest absolute Gasteiger partial charge is 0.404 e. The molecule has 3 atom stereocenters. The van der Waals surface area contributed by atoms with Crippen LogP contribution < -0.4 is 22.3 Å². The molecule has 1 unspecified atom stereocenters. The number of carboxylic acid groups (broad SMARTS) is 1. The van der Waals surface area contributed by atoms with E-state index in [1.807, 2.05) is 0 Å². The molecule has 18 heteroatoms. The topological polar surface area (TPSA) is 254 Å². The van der Waals surface area contributed by atoms with Gasteiger partial charge in [0.25, 0.3) is 5.91 Å². The maximum Gasteiger partial charge on any atom is 0.404 e. The average molecular weight is 468 g/mol. The number of amides is 3. The summed E-state index contributed by atoms with van der Waals surface area (Å²) in [5.74, 6) is -3.55. The summed E-state index contributed by atoms with van der Waals surface area (Å²) in [5.41, 5.74) is 12.5. The summed E-state index contributed by atoms with van der Waals surface area (Å²) in [7, 11) is -5.01. The molecule has 166 valence electrons. The van der Waals surface area contributed by atoms with E-state index in [0.29, 0.717) is 0 Å². The van der Waals surface area contributed by atoms with Crippen molar-refractivity contribution < 1.29 is 46.8 Å². The molecule has 0 aliphatic carbocycles. The summed E-state index contributed by atoms with van der Waals surface area (Å²) >= 11 is 0.961. The molecule has 3 amide bonds. The van der Waals surface area contributed by atoms with Crippen molar-refractivity contribution in [1.29, 1.82) is 0 Å². The number of aliphatic carboxylic acids is 1. The first-order valence-electron chi connectivity index (χ1n) is 7.75. The first kappa shape index (κ1) is 23.2. The minimum absolute atomic E-state index is 0.00504. The molecule has 2 heterocycles. The van der Waals surface area contributed by atoms with Crippen LogP contribution in [0.5, 0.6) is 0 Å². The molecule has 0 bridgehead atoms. The van der Waals surface area contributed by atoms with Crippen LogP contribution in [0.15, 0.2) is 5.38 Å². The number of thiazole rings is 1. The van der Waals surface area contributed by atoms with Gasteiger partial charge in [0.05, 0.1) is 5.69 Å². The minimum atomic E-state index is -5.01. The van der Waals surface area contributed by atoms with E-state index in [4.69, 9.17) is 21.1 Å². The number of carbonyl (C=O) groups is 4. The van der Waals surface area contributed by atoms with Crippen molar-refractivity contribution in [3.05, 3.63) is 11.1 Å². The zero-order valence-corrected chi connectivity index (χ0v) is 16.4. The van der Waals surface area contributed by atoms with Gasteiger partial charge in [-0.1, -0.05) is 0 Å². The van der Waals surface area contributed by atoms with Gasteiger partial charge in [-0.15, -0.1) is 11.3 Å². The number of carboxylic acids is 1. The Morgan fingerprint density at radius 3 is 2.57 bits per heavy atom. The highest BCUT2D eigenvalue weighted by Gasteiger charge is 2.55. The molecule has 0 saturated carbocycles. The van der Waals surface area contributed by atoms with E-state index in [1.54, 1.807) is 0 Å². The van der Waals surface area contributed by atoms with Crippen molar-refractivity contribution in [3.8, 4) is 0 Å². The third kappa shape index (κ3) is 5.51. The molecule has 2 rings (SSSR count). The van der Waals surface area contributed by atoms with Gasteiger partial charge in [-0.2, -0.15) is 13.9 Å². The number of rotatable bonds is 10. The third-order valence-corrected chi connectivity index (χ3v) is 5.25. The number of hydrogen-bond acceptors (Lipinski definition) is 12. The molecule has 16 nitrogen and oxygen atoms in total. The molecular formula is C12H16N6O10S2. The number of hydroxylamine groups is 1. The van der Waals surface area contributed by atoms with Crippen LogP contribution in [-0.4, -0.2) is 76.5 Å². The number of nitrogens with zero attached hydrogens (tertiary/aromatic N) is 2. The van der Waals surface area contributed by atoms with Gasteiger partial charge in [0.2, 0.25) is 5.91 Å². The van der Waals surface area contributed by atoms with Crippen LogP contribution >= 0.6 is 11.3 Å². The molecule has 1 aliphatic heterocycles. The first-order valence-corrected chi connectivity index (χ1v) is 10.0. The van der Waals surface area contributed by atoms with Gasteiger partial charge in [0.1, 0.15) is 18.7 Å². The summed E-state index contributed by atoms with van der Waals surface area (Å²) in [6, 6.07) is -4.45. The summed E-state index contributed by atoms with van der Waals surface area (Å²) < 4.78 is 36.3. The highest BCUT2D eigenvalue weighted by Crippen LogP contribution is 2.25. The molecule has 1 aliphatic rings. The Kier molecular flexibility index (Phi) is 7.10. The van der Waals surface area contributed by atoms with Crippen LogP contribution in [0.3, 0.4) is 0 Å². The van der Waals surface area contributed by atoms with E-state index < -0.39 is 65.5 Å². The van der Waals surface area contributed by atoms with E-state index in [0.717, 1.165) is 11.3 Å². The number of ether oxygens (including phenoxy) is 1. The van der Waals surface area contributed by atoms with E-state index >= 15 is 0 Å². The van der Waals surface area contributed by atoms with Gasteiger partial charge >= 0.3 is 22.4 Å². The number of nitrogens with one attached hydrogen (secondary N) is 2. The lowest BCUT2D eigenvalue weighted by atomic mass is 9.99. The van der Waals surface area contributed by atoms with E-state index in [1.165, 1.54) is 5.38 Å². The highest BCUT2D eigenvalue weighted by atomic mass is 32.2. The number of anilines is 1. The molecule has 0 spiro atoms. The first-order chi connectivity index (χ1) is 13.9. The fourth-order valence-electron chi connectivity index (χ4n) is 2.40. The van der Waals surface area contributed by atoms with Crippen LogP contribution in [0.4, 0.5) is 9.93 Å². The zero-order chi connectivity index (χ0) is 22.6. The Hall–Kier alpha value is -3.06. The van der Waals surface area contributed by atoms with Crippen molar-refractivity contribution >= 4 is 50.6 Å². The maximum absolute atomic E-state index is 12.6. The number of β-lactam (4-membered cyclic amide) rings is 1. The van der Waals surface area contributed by atoms with Crippen LogP contribution in [0.25, 0.3) is 0 Å². The van der Waals surface area contributed by atoms with Crippen LogP contribution in [0, 0.1) is 0 Å². The van der Waals surface area contributed by atoms with Crippen molar-refractivity contribution in [2.45, 2.75) is 18.1 Å². The summed E-state index contributed by atoms with van der Waals surface area (Å²) in [5, 5.41) is 12.2. The van der Waals surface area contributed by atoms with E-state index in [9.17, 15) is 27.6 Å². The normalized spacial score (nSPS) is 19.6. The van der Waals surface area contributed by atoms with Crippen LogP contribution in [-0.2, 0) is 34.3 Å². The van der Waals surface area contributed by atoms with Gasteiger partial charge in [0, 0.05) is 5.38 Å². The number of primary amides is 1. The van der Waals surface area contributed by atoms with E-state index in [2.05, 4.69) is 25.4 Å². The molecule has 8 N–H and O–H groups in total. The lowest BCUT2D eigenvalue weighted by Crippen LogP contribution is -2.73. The second-order valence-corrected chi connectivity index (χ2v) is 7.82. The SMILES string of the molecule is NC(=O)OC[C@@H]1[C@H](NC(=O)C(NOCC(=O)O)c2csc(N)n2)C(=O)N1S(=O)(=O)O. The van der Waals surface area contributed by atoms with Crippen molar-refractivity contribution in [2.75, 3.05) is 18.9 Å². The van der Waals surface area contributed by atoms with E-state index in [-0.39, 0.29) is 15.1 Å². The number of carbonyl (C=O) groups excluding carboxylic acids is 3. The highest BCUT2D eigenvalue weighted by molar-refractivity contribution is 7.84. The number of hydrogen-bond donors (Lipinski definition) is 6. The summed E-state index contributed by atoms with van der Waals surface area (Å²) in [6.45, 7) is -1.57. The predicted octanol–water partition coefficient (Wildman–Crippen LogP) is -3.03. The number of aromatic nitrogens is 1. The second kappa shape index (κ2) is 9.17. The Balaban J connectivity index is 2.18. The molecule has 30 heavy (non-hydrogen) atoms. The Morgan fingerprint density at radius 1 is 1.40 bits per heavy atom. The van der Waals surface area contributed by atoms with Crippen LogP contribution in [0.1, 0.15) is 11.7 Å². The molecule has 1 saturated heterocycles. The summed E-state index contributed by atoms with van der Waals surface area (Å²) in [4.78, 5) is 54.6. The lowest BCUT2D eigenvalue weighted by molar-refractivity contribution is -0.151.